The van der Waals surface area contributed by atoms with E-state index < -0.39 is 20.0 Å². The first-order valence-electron chi connectivity index (χ1n) is 6.18. The molecule has 0 aromatic carbocycles. The van der Waals surface area contributed by atoms with Gasteiger partial charge in [0.1, 0.15) is 4.21 Å². The van der Waals surface area contributed by atoms with E-state index >= 15 is 0 Å². The van der Waals surface area contributed by atoms with Gasteiger partial charge in [-0.15, -0.1) is 11.3 Å². The Morgan fingerprint density at radius 3 is 2.30 bits per heavy atom. The maximum Gasteiger partial charge on any atom is 0.250 e. The van der Waals surface area contributed by atoms with Gasteiger partial charge in [-0.25, -0.2) is 25.9 Å². The second-order valence-electron chi connectivity index (χ2n) is 4.42. The largest absolute Gasteiger partial charge is 0.250 e. The van der Waals surface area contributed by atoms with Crippen LogP contribution in [-0.2, 0) is 20.0 Å². The molecule has 1 aromatic rings. The summed E-state index contributed by atoms with van der Waals surface area (Å²) in [6.45, 7) is 4.29. The van der Waals surface area contributed by atoms with Gasteiger partial charge in [-0.05, 0) is 25.5 Å². The highest BCUT2D eigenvalue weighted by atomic mass is 32.2. The summed E-state index contributed by atoms with van der Waals surface area (Å²) in [5, 5.41) is 0. The minimum Gasteiger partial charge on any atom is -0.213 e. The molecule has 0 atom stereocenters. The summed E-state index contributed by atoms with van der Waals surface area (Å²) in [5.74, 6) is 0. The molecule has 1 aromatic heterocycles. The van der Waals surface area contributed by atoms with Crippen LogP contribution in [0.4, 0.5) is 0 Å². The number of sulfonamides is 2. The van der Waals surface area contributed by atoms with Gasteiger partial charge >= 0.3 is 0 Å². The standard InChI is InChI=1S/C11H20N2O4S3/c1-4-8-13(19(3,14)15)9-7-12-20(16,17)11-6-5-10(2)18-11/h5-6,12H,4,7-9H2,1-3H3. The third kappa shape index (κ3) is 5.13. The second kappa shape index (κ2) is 6.99. The Bertz CT molecular complexity index is 634. The SMILES string of the molecule is CCCN(CCNS(=O)(=O)c1ccc(C)s1)S(C)(=O)=O. The molecule has 1 heterocycles. The molecule has 6 nitrogen and oxygen atoms in total. The van der Waals surface area contributed by atoms with Crippen molar-refractivity contribution in [3.63, 3.8) is 0 Å². The highest BCUT2D eigenvalue weighted by Gasteiger charge is 2.19. The molecule has 116 valence electrons. The van der Waals surface area contributed by atoms with Gasteiger partial charge in [-0.1, -0.05) is 6.92 Å². The van der Waals surface area contributed by atoms with Crippen LogP contribution < -0.4 is 4.72 Å². The van der Waals surface area contributed by atoms with E-state index in [1.54, 1.807) is 12.1 Å². The van der Waals surface area contributed by atoms with E-state index in [1.165, 1.54) is 15.6 Å². The van der Waals surface area contributed by atoms with Crippen molar-refractivity contribution in [3.05, 3.63) is 17.0 Å². The van der Waals surface area contributed by atoms with Crippen LogP contribution in [0.2, 0.25) is 0 Å². The first kappa shape index (κ1) is 17.6. The van der Waals surface area contributed by atoms with Crippen LogP contribution in [-0.4, -0.2) is 47.0 Å². The summed E-state index contributed by atoms with van der Waals surface area (Å²) in [6, 6.07) is 3.28. The first-order chi connectivity index (χ1) is 9.16. The van der Waals surface area contributed by atoms with Crippen LogP contribution in [0.5, 0.6) is 0 Å². The Morgan fingerprint density at radius 2 is 1.85 bits per heavy atom. The molecule has 0 aliphatic rings. The number of hydrogen-bond donors (Lipinski definition) is 1. The van der Waals surface area contributed by atoms with Crippen molar-refractivity contribution in [3.8, 4) is 0 Å². The van der Waals surface area contributed by atoms with Gasteiger partial charge in [-0.3, -0.25) is 0 Å². The van der Waals surface area contributed by atoms with Gasteiger partial charge in [-0.2, -0.15) is 0 Å². The molecule has 0 saturated heterocycles. The number of nitrogens with zero attached hydrogens (tertiary/aromatic N) is 1. The van der Waals surface area contributed by atoms with Crippen LogP contribution in [0.1, 0.15) is 18.2 Å². The first-order valence-corrected chi connectivity index (χ1v) is 10.3. The Labute approximate surface area is 124 Å². The van der Waals surface area contributed by atoms with E-state index in [0.29, 0.717) is 13.0 Å². The highest BCUT2D eigenvalue weighted by molar-refractivity contribution is 7.91. The van der Waals surface area contributed by atoms with Crippen LogP contribution in [0, 0.1) is 6.92 Å². The molecule has 0 spiro atoms. The maximum absolute atomic E-state index is 12.0. The van der Waals surface area contributed by atoms with E-state index in [0.717, 1.165) is 11.1 Å². The summed E-state index contributed by atoms with van der Waals surface area (Å²) >= 11 is 1.19. The molecule has 20 heavy (non-hydrogen) atoms. The zero-order valence-electron chi connectivity index (χ0n) is 11.8. The Morgan fingerprint density at radius 1 is 1.20 bits per heavy atom. The molecule has 0 amide bonds. The summed E-state index contributed by atoms with van der Waals surface area (Å²) < 4.78 is 50.9. The third-order valence-electron chi connectivity index (χ3n) is 2.58. The van der Waals surface area contributed by atoms with E-state index in [1.807, 2.05) is 13.8 Å². The number of hydrogen-bond acceptors (Lipinski definition) is 5. The van der Waals surface area contributed by atoms with Crippen molar-refractivity contribution in [2.24, 2.45) is 0 Å². The van der Waals surface area contributed by atoms with Crippen LogP contribution >= 0.6 is 11.3 Å². The fourth-order valence-electron chi connectivity index (χ4n) is 1.63. The maximum atomic E-state index is 12.0. The fraction of sp³-hybridized carbons (Fsp3) is 0.636. The predicted molar refractivity (Wildman–Crippen MR) is 81.0 cm³/mol. The van der Waals surface area contributed by atoms with Crippen molar-refractivity contribution in [1.82, 2.24) is 9.03 Å². The molecule has 0 unspecified atom stereocenters. The van der Waals surface area contributed by atoms with Crippen molar-refractivity contribution in [2.75, 3.05) is 25.9 Å². The molecular weight excluding hydrogens is 320 g/mol. The van der Waals surface area contributed by atoms with Crippen LogP contribution in [0.25, 0.3) is 0 Å². The van der Waals surface area contributed by atoms with Gasteiger partial charge < -0.3 is 0 Å². The lowest BCUT2D eigenvalue weighted by atomic mass is 10.5. The molecule has 1 N–H and O–H groups in total. The number of rotatable bonds is 8. The molecule has 0 aliphatic heterocycles. The normalized spacial score (nSPS) is 13.0. The molecule has 9 heteroatoms. The van der Waals surface area contributed by atoms with Gasteiger partial charge in [0.25, 0.3) is 0 Å². The monoisotopic (exact) mass is 340 g/mol. The lowest BCUT2D eigenvalue weighted by Crippen LogP contribution is -2.38. The van der Waals surface area contributed by atoms with E-state index in [9.17, 15) is 16.8 Å². The average molecular weight is 340 g/mol. The number of aryl methyl sites for hydroxylation is 1. The van der Waals surface area contributed by atoms with Gasteiger partial charge in [0.15, 0.2) is 0 Å². The molecular formula is C11H20N2O4S3. The van der Waals surface area contributed by atoms with E-state index in [-0.39, 0.29) is 17.3 Å². The summed E-state index contributed by atoms with van der Waals surface area (Å²) in [4.78, 5) is 0.911. The quantitative estimate of drug-likeness (QED) is 0.765. The second-order valence-corrected chi connectivity index (χ2v) is 9.69. The molecule has 0 saturated carbocycles. The van der Waals surface area contributed by atoms with Crippen LogP contribution in [0.3, 0.4) is 0 Å². The van der Waals surface area contributed by atoms with Crippen molar-refractivity contribution < 1.29 is 16.8 Å². The van der Waals surface area contributed by atoms with E-state index in [2.05, 4.69) is 4.72 Å². The minimum absolute atomic E-state index is 0.0619. The van der Waals surface area contributed by atoms with Crippen molar-refractivity contribution in [2.45, 2.75) is 24.5 Å². The van der Waals surface area contributed by atoms with Gasteiger partial charge in [0.2, 0.25) is 20.0 Å². The zero-order valence-corrected chi connectivity index (χ0v) is 14.2. The van der Waals surface area contributed by atoms with Crippen LogP contribution in [0.15, 0.2) is 16.3 Å². The lowest BCUT2D eigenvalue weighted by Gasteiger charge is -2.19. The molecule has 0 aliphatic carbocycles. The lowest BCUT2D eigenvalue weighted by molar-refractivity contribution is 0.416. The number of nitrogens with one attached hydrogen (secondary N) is 1. The molecule has 0 radical (unpaired) electrons. The smallest absolute Gasteiger partial charge is 0.213 e. The summed E-state index contributed by atoms with van der Waals surface area (Å²) in [5.41, 5.74) is 0. The number of thiophene rings is 1. The Hall–Kier alpha value is -0.480. The highest BCUT2D eigenvalue weighted by Crippen LogP contribution is 2.20. The average Bonchev–Trinajstić information content (AvgIpc) is 2.74. The molecule has 1 rings (SSSR count). The topological polar surface area (TPSA) is 83.6 Å². The summed E-state index contributed by atoms with van der Waals surface area (Å²) in [7, 11) is -6.85. The van der Waals surface area contributed by atoms with E-state index in [4.69, 9.17) is 0 Å². The zero-order chi connectivity index (χ0) is 15.4. The fourth-order valence-corrected chi connectivity index (χ4v) is 4.91. The predicted octanol–water partition coefficient (Wildman–Crippen LogP) is 1.01. The third-order valence-corrected chi connectivity index (χ3v) is 6.83. The minimum atomic E-state index is -3.55. The van der Waals surface area contributed by atoms with Crippen molar-refractivity contribution >= 4 is 31.4 Å². The van der Waals surface area contributed by atoms with Gasteiger partial charge in [0, 0.05) is 24.5 Å². The Balaban J connectivity index is 2.63. The van der Waals surface area contributed by atoms with Gasteiger partial charge in [0.05, 0.1) is 6.26 Å². The Kier molecular flexibility index (Phi) is 6.14. The van der Waals surface area contributed by atoms with Crippen molar-refractivity contribution in [1.29, 1.82) is 0 Å². The summed E-state index contributed by atoms with van der Waals surface area (Å²) in [6.07, 6.45) is 1.81. The molecule has 0 fully saturated rings. The molecule has 0 bridgehead atoms.